The summed E-state index contributed by atoms with van der Waals surface area (Å²) in [7, 11) is -1.53. The molecule has 0 heterocycles. The Morgan fingerprint density at radius 1 is 0.967 bits per heavy atom. The van der Waals surface area contributed by atoms with E-state index in [0.717, 1.165) is 56.9 Å². The third kappa shape index (κ3) is 10.1. The fourth-order valence-electron chi connectivity index (χ4n) is 2.76. The van der Waals surface area contributed by atoms with E-state index >= 15 is 0 Å². The quantitative estimate of drug-likeness (QED) is 0.381. The first-order valence-electron chi connectivity index (χ1n) is 10.9. The minimum atomic E-state index is -3.24. The van der Waals surface area contributed by atoms with E-state index in [4.69, 9.17) is 9.47 Å². The van der Waals surface area contributed by atoms with Crippen molar-refractivity contribution in [3.05, 3.63) is 24.3 Å². The first kappa shape index (κ1) is 26.7. The maximum absolute atomic E-state index is 12.0. The highest BCUT2D eigenvalue weighted by atomic mass is 32.2. The zero-order valence-electron chi connectivity index (χ0n) is 19.4. The van der Waals surface area contributed by atoms with E-state index in [0.29, 0.717) is 19.8 Å². The average molecular weight is 444 g/mol. The molecular formula is C22H41N3O4S. The van der Waals surface area contributed by atoms with E-state index in [2.05, 4.69) is 39.2 Å². The van der Waals surface area contributed by atoms with Crippen molar-refractivity contribution >= 4 is 21.4 Å². The van der Waals surface area contributed by atoms with Gasteiger partial charge in [0, 0.05) is 51.3 Å². The number of hydrogen-bond donors (Lipinski definition) is 2. The molecule has 0 unspecified atom stereocenters. The number of rotatable bonds is 16. The molecule has 0 aliphatic rings. The molecule has 0 saturated heterocycles. The van der Waals surface area contributed by atoms with Crippen LogP contribution in [0.25, 0.3) is 0 Å². The van der Waals surface area contributed by atoms with Gasteiger partial charge in [-0.15, -0.1) is 0 Å². The Kier molecular flexibility index (Phi) is 12.3. The minimum absolute atomic E-state index is 0.493. The highest BCUT2D eigenvalue weighted by molar-refractivity contribution is 7.90. The first-order chi connectivity index (χ1) is 14.2. The summed E-state index contributed by atoms with van der Waals surface area (Å²) in [4.78, 5) is 2.27. The van der Waals surface area contributed by atoms with Gasteiger partial charge in [0.2, 0.25) is 10.0 Å². The lowest BCUT2D eigenvalue weighted by Crippen LogP contribution is -2.39. The van der Waals surface area contributed by atoms with Gasteiger partial charge in [-0.05, 0) is 64.8 Å². The van der Waals surface area contributed by atoms with Gasteiger partial charge in [-0.3, -0.25) is 0 Å². The number of nitrogens with one attached hydrogen (secondary N) is 2. The van der Waals surface area contributed by atoms with Gasteiger partial charge in [0.15, 0.2) is 0 Å². The van der Waals surface area contributed by atoms with Crippen LogP contribution in [0.1, 0.15) is 47.0 Å². The first-order valence-corrected chi connectivity index (χ1v) is 12.3. The van der Waals surface area contributed by atoms with Crippen LogP contribution in [-0.2, 0) is 19.5 Å². The van der Waals surface area contributed by atoms with Crippen LogP contribution in [0.15, 0.2) is 24.3 Å². The molecule has 0 bridgehead atoms. The molecule has 0 aromatic heterocycles. The molecule has 0 radical (unpaired) electrons. The van der Waals surface area contributed by atoms with Crippen molar-refractivity contribution in [1.29, 1.82) is 0 Å². The fraction of sp³-hybridized carbons (Fsp3) is 0.727. The molecule has 0 fully saturated rings. The van der Waals surface area contributed by atoms with Crippen LogP contribution in [0, 0.1) is 0 Å². The van der Waals surface area contributed by atoms with E-state index in [-0.39, 0.29) is 0 Å². The molecule has 2 N–H and O–H groups in total. The molecule has 0 spiro atoms. The SMILES string of the molecule is CCOCCN(CCOC)c1ccc(NCCCCCNS(=O)(=O)C(C)(C)C)cc1. The Balaban J connectivity index is 2.33. The predicted octanol–water partition coefficient (Wildman–Crippen LogP) is 3.48. The van der Waals surface area contributed by atoms with Crippen molar-refractivity contribution in [2.24, 2.45) is 0 Å². The molecule has 0 atom stereocenters. The van der Waals surface area contributed by atoms with Crippen molar-refractivity contribution in [3.63, 3.8) is 0 Å². The van der Waals surface area contributed by atoms with Crippen LogP contribution in [-0.4, -0.2) is 66.3 Å². The molecule has 7 nitrogen and oxygen atoms in total. The van der Waals surface area contributed by atoms with Crippen molar-refractivity contribution in [2.45, 2.75) is 51.7 Å². The number of unbranched alkanes of at least 4 members (excludes halogenated alkanes) is 2. The predicted molar refractivity (Wildman–Crippen MR) is 126 cm³/mol. The van der Waals surface area contributed by atoms with Crippen LogP contribution in [0.4, 0.5) is 11.4 Å². The van der Waals surface area contributed by atoms with Crippen LogP contribution < -0.4 is 14.9 Å². The van der Waals surface area contributed by atoms with Crippen molar-refractivity contribution in [3.8, 4) is 0 Å². The van der Waals surface area contributed by atoms with Crippen molar-refractivity contribution < 1.29 is 17.9 Å². The van der Waals surface area contributed by atoms with E-state index in [1.54, 1.807) is 27.9 Å². The zero-order valence-corrected chi connectivity index (χ0v) is 20.2. The molecule has 0 aliphatic carbocycles. The van der Waals surface area contributed by atoms with Gasteiger partial charge in [-0.25, -0.2) is 13.1 Å². The van der Waals surface area contributed by atoms with Gasteiger partial charge >= 0.3 is 0 Å². The summed E-state index contributed by atoms with van der Waals surface area (Å²) in [6.45, 7) is 12.3. The third-order valence-corrected chi connectivity index (χ3v) is 6.98. The number of nitrogens with zero attached hydrogens (tertiary/aromatic N) is 1. The summed E-state index contributed by atoms with van der Waals surface area (Å²) in [6, 6.07) is 8.41. The summed E-state index contributed by atoms with van der Waals surface area (Å²) in [5.41, 5.74) is 2.24. The second-order valence-corrected chi connectivity index (χ2v) is 10.7. The monoisotopic (exact) mass is 443 g/mol. The normalized spacial score (nSPS) is 12.2. The number of hydrogen-bond acceptors (Lipinski definition) is 6. The van der Waals surface area contributed by atoms with Crippen LogP contribution in [0.3, 0.4) is 0 Å². The average Bonchev–Trinajstić information content (AvgIpc) is 2.69. The second-order valence-electron chi connectivity index (χ2n) is 8.22. The van der Waals surface area contributed by atoms with Crippen LogP contribution in [0.5, 0.6) is 0 Å². The molecule has 8 heteroatoms. The summed E-state index contributed by atoms with van der Waals surface area (Å²) in [6.07, 6.45) is 2.80. The van der Waals surface area contributed by atoms with Gasteiger partial charge in [0.1, 0.15) is 0 Å². The maximum Gasteiger partial charge on any atom is 0.216 e. The zero-order chi connectivity index (χ0) is 22.5. The summed E-state index contributed by atoms with van der Waals surface area (Å²) >= 11 is 0. The van der Waals surface area contributed by atoms with E-state index in [1.165, 1.54) is 0 Å². The van der Waals surface area contributed by atoms with E-state index < -0.39 is 14.8 Å². The fourth-order valence-corrected chi connectivity index (χ4v) is 3.61. The van der Waals surface area contributed by atoms with Gasteiger partial charge < -0.3 is 19.7 Å². The Bertz CT molecular complexity index is 673. The highest BCUT2D eigenvalue weighted by Crippen LogP contribution is 2.18. The Labute approximate surface area is 183 Å². The molecule has 174 valence electrons. The number of ether oxygens (including phenoxy) is 2. The second kappa shape index (κ2) is 13.9. The molecule has 1 rings (SSSR count). The van der Waals surface area contributed by atoms with E-state index in [9.17, 15) is 8.42 Å². The van der Waals surface area contributed by atoms with Gasteiger partial charge in [0.25, 0.3) is 0 Å². The molecule has 30 heavy (non-hydrogen) atoms. The van der Waals surface area contributed by atoms with E-state index in [1.807, 2.05) is 6.92 Å². The minimum Gasteiger partial charge on any atom is -0.385 e. The highest BCUT2D eigenvalue weighted by Gasteiger charge is 2.27. The standard InChI is InChI=1S/C22H41N3O4S/c1-6-29-19-17-25(16-18-28-5)21-12-10-20(11-13-21)23-14-8-7-9-15-24-30(26,27)22(2,3)4/h10-13,23-24H,6-9,14-19H2,1-5H3. The summed E-state index contributed by atoms with van der Waals surface area (Å²) < 4.78 is 36.6. The van der Waals surface area contributed by atoms with Gasteiger partial charge in [-0.2, -0.15) is 0 Å². The lowest BCUT2D eigenvalue weighted by Gasteiger charge is -2.24. The lowest BCUT2D eigenvalue weighted by atomic mass is 10.2. The summed E-state index contributed by atoms with van der Waals surface area (Å²) in [5.74, 6) is 0. The lowest BCUT2D eigenvalue weighted by molar-refractivity contribution is 0.151. The third-order valence-electron chi connectivity index (χ3n) is 4.79. The number of anilines is 2. The molecular weight excluding hydrogens is 402 g/mol. The Morgan fingerprint density at radius 2 is 1.60 bits per heavy atom. The maximum atomic E-state index is 12.0. The smallest absolute Gasteiger partial charge is 0.216 e. The Hall–Kier alpha value is -1.35. The van der Waals surface area contributed by atoms with Gasteiger partial charge in [0.05, 0.1) is 18.0 Å². The number of sulfonamides is 1. The summed E-state index contributed by atoms with van der Waals surface area (Å²) in [5, 5.41) is 3.43. The molecule has 1 aromatic carbocycles. The van der Waals surface area contributed by atoms with Crippen molar-refractivity contribution in [1.82, 2.24) is 4.72 Å². The number of benzene rings is 1. The molecule has 0 amide bonds. The van der Waals surface area contributed by atoms with Crippen LogP contribution >= 0.6 is 0 Å². The topological polar surface area (TPSA) is 79.9 Å². The molecule has 0 saturated carbocycles. The van der Waals surface area contributed by atoms with Crippen LogP contribution in [0.2, 0.25) is 0 Å². The Morgan fingerprint density at radius 3 is 2.20 bits per heavy atom. The molecule has 0 aliphatic heterocycles. The van der Waals surface area contributed by atoms with Gasteiger partial charge in [-0.1, -0.05) is 6.42 Å². The largest absolute Gasteiger partial charge is 0.385 e. The molecule has 1 aromatic rings. The number of methoxy groups -OCH3 is 1. The van der Waals surface area contributed by atoms with Crippen molar-refractivity contribution in [2.75, 3.05) is 63.3 Å².